The highest BCUT2D eigenvalue weighted by molar-refractivity contribution is 7.20. The first-order valence-corrected chi connectivity index (χ1v) is 16.7. The van der Waals surface area contributed by atoms with Gasteiger partial charge in [-0.05, 0) is 68.1 Å². The SMILES string of the molecule is CCCCc1cc([B-](c2ccccc2)(c2ccccc2)c2ccccc2)c(CCCC)c(CCCC)c1CCCC.[NH4+]. The summed E-state index contributed by atoms with van der Waals surface area (Å²) in [6, 6.07) is 37.1. The molecule has 0 aliphatic carbocycles. The molecule has 4 N–H and O–H groups in total. The standard InChI is InChI=1S/C40H52B.H3N/c1-5-9-22-33-32-40(39(31-12-8-4)38(30-11-7-3)37(33)29-10-6-2)41(34-23-16-13-17-24-34,35-25-18-14-19-26-35)36-27-20-15-21-28-36;/h13-21,23-28,32H,5-12,22,29-31H2,1-4H3;1H3/q-1;/p+1. The molecule has 0 radical (unpaired) electrons. The second-order valence-electron chi connectivity index (χ2n) is 12.1. The monoisotopic (exact) mass is 561 g/mol. The van der Waals surface area contributed by atoms with Crippen LogP contribution in [0.25, 0.3) is 0 Å². The van der Waals surface area contributed by atoms with Crippen molar-refractivity contribution in [1.82, 2.24) is 6.15 Å². The number of rotatable bonds is 16. The lowest BCUT2D eigenvalue weighted by atomic mass is 9.12. The Bertz CT molecular complexity index is 1220. The van der Waals surface area contributed by atoms with E-state index in [4.69, 9.17) is 0 Å². The van der Waals surface area contributed by atoms with Gasteiger partial charge in [0.25, 0.3) is 0 Å². The van der Waals surface area contributed by atoms with Crippen LogP contribution in [-0.2, 0) is 25.7 Å². The lowest BCUT2D eigenvalue weighted by Crippen LogP contribution is -2.75. The molecule has 0 unspecified atom stereocenters. The third-order valence-corrected chi connectivity index (χ3v) is 9.30. The average Bonchev–Trinajstić information content (AvgIpc) is 3.03. The zero-order chi connectivity index (χ0) is 28.9. The van der Waals surface area contributed by atoms with Gasteiger partial charge in [0, 0.05) is 0 Å². The fourth-order valence-corrected chi connectivity index (χ4v) is 7.20. The largest absolute Gasteiger partial charge is 0.369 e. The molecule has 1 nitrogen and oxygen atoms in total. The Labute approximate surface area is 257 Å². The first-order valence-electron chi connectivity index (χ1n) is 16.7. The van der Waals surface area contributed by atoms with Crippen molar-refractivity contribution in [2.45, 2.75) is 105 Å². The maximum Gasteiger partial charge on any atom is 0.108 e. The summed E-state index contributed by atoms with van der Waals surface area (Å²) < 4.78 is 0. The van der Waals surface area contributed by atoms with Gasteiger partial charge in [-0.1, -0.05) is 156 Å². The molecule has 0 amide bonds. The van der Waals surface area contributed by atoms with Gasteiger partial charge in [0.05, 0.1) is 0 Å². The average molecular weight is 562 g/mol. The Balaban J connectivity index is 0.00000484. The van der Waals surface area contributed by atoms with Crippen molar-refractivity contribution in [2.24, 2.45) is 0 Å². The van der Waals surface area contributed by atoms with Crippen molar-refractivity contribution in [2.75, 3.05) is 0 Å². The highest BCUT2D eigenvalue weighted by Crippen LogP contribution is 2.28. The van der Waals surface area contributed by atoms with Crippen LogP contribution in [-0.4, -0.2) is 6.15 Å². The number of hydrogen-bond acceptors (Lipinski definition) is 0. The van der Waals surface area contributed by atoms with Gasteiger partial charge in [0.1, 0.15) is 6.15 Å². The van der Waals surface area contributed by atoms with Crippen LogP contribution < -0.4 is 28.0 Å². The molecular weight excluding hydrogens is 505 g/mol. The lowest BCUT2D eigenvalue weighted by molar-refractivity contribution is 0.720. The van der Waals surface area contributed by atoms with Crippen LogP contribution in [0.15, 0.2) is 97.1 Å². The Morgan fingerprint density at radius 2 is 0.786 bits per heavy atom. The summed E-state index contributed by atoms with van der Waals surface area (Å²) in [7, 11) is 0. The number of benzene rings is 4. The van der Waals surface area contributed by atoms with E-state index in [9.17, 15) is 0 Å². The number of aryl methyl sites for hydroxylation is 1. The summed E-state index contributed by atoms with van der Waals surface area (Å²) in [5, 5.41) is 0. The van der Waals surface area contributed by atoms with Gasteiger partial charge in [0.2, 0.25) is 0 Å². The van der Waals surface area contributed by atoms with Crippen LogP contribution in [0.2, 0.25) is 0 Å². The minimum atomic E-state index is -1.37. The highest BCUT2D eigenvalue weighted by atomic mass is 14.2. The van der Waals surface area contributed by atoms with E-state index >= 15 is 0 Å². The van der Waals surface area contributed by atoms with E-state index in [1.807, 2.05) is 0 Å². The maximum absolute atomic E-state index is 2.72. The fourth-order valence-electron chi connectivity index (χ4n) is 7.20. The van der Waals surface area contributed by atoms with Crippen molar-refractivity contribution >= 4 is 28.0 Å². The minimum Gasteiger partial charge on any atom is -0.369 e. The molecule has 4 aromatic carbocycles. The van der Waals surface area contributed by atoms with Crippen molar-refractivity contribution < 1.29 is 0 Å². The van der Waals surface area contributed by atoms with Crippen LogP contribution in [0.5, 0.6) is 0 Å². The normalized spacial score (nSPS) is 11.3. The third kappa shape index (κ3) is 7.27. The summed E-state index contributed by atoms with van der Waals surface area (Å²) in [6.45, 7) is 9.39. The Morgan fingerprint density at radius 3 is 1.19 bits per heavy atom. The van der Waals surface area contributed by atoms with Crippen LogP contribution in [0, 0.1) is 0 Å². The number of unbranched alkanes of at least 4 members (excludes halogenated alkanes) is 4. The Kier molecular flexibility index (Phi) is 13.6. The van der Waals surface area contributed by atoms with Gasteiger partial charge in [-0.2, -0.15) is 21.9 Å². The van der Waals surface area contributed by atoms with Crippen LogP contribution in [0.4, 0.5) is 0 Å². The zero-order valence-electron chi connectivity index (χ0n) is 27.3. The summed E-state index contributed by atoms with van der Waals surface area (Å²) in [5.74, 6) is 0. The van der Waals surface area contributed by atoms with Crippen LogP contribution in [0.1, 0.15) is 101 Å². The Morgan fingerprint density at radius 1 is 0.429 bits per heavy atom. The van der Waals surface area contributed by atoms with E-state index in [2.05, 4.69) is 125 Å². The molecule has 4 aromatic rings. The molecule has 0 atom stereocenters. The first kappa shape index (κ1) is 33.4. The molecule has 0 aromatic heterocycles. The van der Waals surface area contributed by atoms with Gasteiger partial charge in [-0.3, -0.25) is 0 Å². The van der Waals surface area contributed by atoms with Crippen LogP contribution >= 0.6 is 0 Å². The van der Waals surface area contributed by atoms with Crippen molar-refractivity contribution in [3.05, 3.63) is 119 Å². The smallest absolute Gasteiger partial charge is 0.108 e. The van der Waals surface area contributed by atoms with E-state index in [-0.39, 0.29) is 6.15 Å². The molecular formula is C40H56BN. The quantitative estimate of drug-likeness (QED) is 0.133. The molecule has 0 aliphatic rings. The molecule has 0 heterocycles. The molecule has 0 saturated carbocycles. The lowest BCUT2D eigenvalue weighted by Gasteiger charge is -2.47. The van der Waals surface area contributed by atoms with E-state index in [1.54, 1.807) is 27.7 Å². The van der Waals surface area contributed by atoms with Crippen molar-refractivity contribution in [1.29, 1.82) is 0 Å². The topological polar surface area (TPSA) is 36.5 Å². The molecule has 2 heteroatoms. The summed E-state index contributed by atoms with van der Waals surface area (Å²) in [5.41, 5.74) is 12.5. The van der Waals surface area contributed by atoms with E-state index < -0.39 is 6.15 Å². The predicted molar refractivity (Wildman–Crippen MR) is 190 cm³/mol. The van der Waals surface area contributed by atoms with Gasteiger partial charge < -0.3 is 6.15 Å². The fraction of sp³-hybridized carbons (Fsp3) is 0.400. The number of hydrogen-bond donors (Lipinski definition) is 1. The summed E-state index contributed by atoms with van der Waals surface area (Å²) in [4.78, 5) is 0. The molecule has 0 fully saturated rings. The van der Waals surface area contributed by atoms with Gasteiger partial charge in [0.15, 0.2) is 0 Å². The second kappa shape index (κ2) is 17.1. The predicted octanol–water partition coefficient (Wildman–Crippen LogP) is 8.81. The van der Waals surface area contributed by atoms with Crippen molar-refractivity contribution in [3.63, 3.8) is 0 Å². The summed E-state index contributed by atoms with van der Waals surface area (Å²) >= 11 is 0. The molecule has 0 aliphatic heterocycles. The van der Waals surface area contributed by atoms with Gasteiger partial charge >= 0.3 is 0 Å². The molecule has 0 spiro atoms. The molecule has 0 bridgehead atoms. The highest BCUT2D eigenvalue weighted by Gasteiger charge is 2.34. The zero-order valence-corrected chi connectivity index (χ0v) is 27.3. The molecule has 42 heavy (non-hydrogen) atoms. The third-order valence-electron chi connectivity index (χ3n) is 9.30. The summed E-state index contributed by atoms with van der Waals surface area (Å²) in [6.07, 6.45) is 13.3. The molecule has 224 valence electrons. The van der Waals surface area contributed by atoms with E-state index in [0.717, 1.165) is 6.42 Å². The van der Waals surface area contributed by atoms with E-state index in [1.165, 1.54) is 87.0 Å². The second-order valence-corrected chi connectivity index (χ2v) is 12.1. The van der Waals surface area contributed by atoms with Crippen molar-refractivity contribution in [3.8, 4) is 0 Å². The van der Waals surface area contributed by atoms with Gasteiger partial charge in [-0.15, -0.1) is 0 Å². The molecule has 4 rings (SSSR count). The molecule has 0 saturated heterocycles. The van der Waals surface area contributed by atoms with E-state index in [0.29, 0.717) is 0 Å². The maximum atomic E-state index is 2.72. The van der Waals surface area contributed by atoms with Gasteiger partial charge in [-0.25, -0.2) is 0 Å². The Hall–Kier alpha value is -3.10. The van der Waals surface area contributed by atoms with Crippen LogP contribution in [0.3, 0.4) is 0 Å². The number of quaternary nitrogens is 1. The minimum absolute atomic E-state index is 0. The first-order chi connectivity index (χ1) is 20.2.